The molecule has 0 unspecified atom stereocenters. The Hall–Kier alpha value is -2.02. The van der Waals surface area contributed by atoms with Crippen LogP contribution in [0.15, 0.2) is 0 Å². The third kappa shape index (κ3) is 11.0. The molecule has 5 heterocycles. The lowest BCUT2D eigenvalue weighted by Gasteiger charge is -2.50. The zero-order valence-corrected chi connectivity index (χ0v) is 33.2. The number of hydrogen-bond donors (Lipinski definition) is 17. The second-order valence-corrected chi connectivity index (χ2v) is 15.5. The summed E-state index contributed by atoms with van der Waals surface area (Å²) in [5, 5.41) is 163. The van der Waals surface area contributed by atoms with Crippen molar-refractivity contribution < 1.29 is 129 Å². The number of carbonyl (C=O) groups is 2. The van der Waals surface area contributed by atoms with E-state index in [1.165, 1.54) is 0 Å². The molecule has 5 fully saturated rings. The number of aliphatic hydroxyl groups is 15. The van der Waals surface area contributed by atoms with Crippen molar-refractivity contribution in [1.82, 2.24) is 10.6 Å². The maximum atomic E-state index is 12.4. The minimum Gasteiger partial charge on any atom is -0.394 e. The third-order valence-electron chi connectivity index (χ3n) is 11.1. The molecule has 5 aliphatic heterocycles. The molecule has 28 nitrogen and oxygen atoms in total. The molecule has 0 aromatic rings. The number of nitrogens with one attached hydrogen (secondary N) is 2. The second-order valence-electron chi connectivity index (χ2n) is 15.5. The number of hydrogen-bond acceptors (Lipinski definition) is 26. The molecule has 5 saturated heterocycles. The number of rotatable bonds is 15. The van der Waals surface area contributed by atoms with Crippen LogP contribution >= 0.6 is 0 Å². The first-order valence-electron chi connectivity index (χ1n) is 19.6. The normalized spacial score (nSPS) is 49.0. The molecule has 0 saturated carbocycles. The van der Waals surface area contributed by atoms with Crippen LogP contribution in [-0.4, -0.2) is 275 Å². The molecule has 17 N–H and O–H groups in total. The van der Waals surface area contributed by atoms with Gasteiger partial charge < -0.3 is 130 Å². The second kappa shape index (κ2) is 22.0. The Morgan fingerprint density at radius 3 is 1.29 bits per heavy atom. The van der Waals surface area contributed by atoms with Gasteiger partial charge in [-0.3, -0.25) is 9.59 Å². The van der Waals surface area contributed by atoms with Crippen molar-refractivity contribution in [2.45, 2.75) is 167 Å². The van der Waals surface area contributed by atoms with Crippen LogP contribution < -0.4 is 10.6 Å². The van der Waals surface area contributed by atoms with Crippen LogP contribution in [0.5, 0.6) is 0 Å². The summed E-state index contributed by atoms with van der Waals surface area (Å²) in [5.41, 5.74) is 0. The average Bonchev–Trinajstić information content (AvgIpc) is 3.23. The van der Waals surface area contributed by atoms with E-state index < -0.39 is 198 Å². The first kappa shape index (κ1) is 51.0. The summed E-state index contributed by atoms with van der Waals surface area (Å²) in [7, 11) is 0. The summed E-state index contributed by atoms with van der Waals surface area (Å²) in [6.07, 6.45) is -42.1. The monoisotopic (exact) mass is 910 g/mol. The van der Waals surface area contributed by atoms with Gasteiger partial charge >= 0.3 is 0 Å². The van der Waals surface area contributed by atoms with Crippen molar-refractivity contribution in [3.05, 3.63) is 0 Å². The van der Waals surface area contributed by atoms with E-state index in [1.807, 2.05) is 0 Å². The van der Waals surface area contributed by atoms with E-state index in [9.17, 15) is 86.2 Å². The van der Waals surface area contributed by atoms with Crippen LogP contribution in [0, 0.1) is 0 Å². The number of amides is 2. The van der Waals surface area contributed by atoms with Gasteiger partial charge in [-0.05, 0) is 0 Å². The molecule has 0 spiro atoms. The highest BCUT2D eigenvalue weighted by atomic mass is 16.8. The fourth-order valence-corrected chi connectivity index (χ4v) is 7.74. The molecule has 62 heavy (non-hydrogen) atoms. The molecular weight excluding hydrogens is 852 g/mol. The smallest absolute Gasteiger partial charge is 0.217 e. The van der Waals surface area contributed by atoms with Gasteiger partial charge in [0, 0.05) is 13.8 Å². The number of aliphatic hydroxyl groups excluding tert-OH is 15. The minimum atomic E-state index is -2.19. The Kier molecular flexibility index (Phi) is 18.1. The Bertz CT molecular complexity index is 1440. The van der Waals surface area contributed by atoms with E-state index >= 15 is 0 Å². The van der Waals surface area contributed by atoms with Crippen molar-refractivity contribution in [2.75, 3.05) is 33.0 Å². The zero-order valence-electron chi connectivity index (χ0n) is 33.2. The Morgan fingerprint density at radius 1 is 0.419 bits per heavy atom. The van der Waals surface area contributed by atoms with Gasteiger partial charge in [0.05, 0.1) is 33.0 Å². The van der Waals surface area contributed by atoms with Crippen molar-refractivity contribution in [3.8, 4) is 0 Å². The van der Waals surface area contributed by atoms with Crippen LogP contribution in [-0.2, 0) is 52.2 Å². The fraction of sp³-hybridized carbons (Fsp3) is 0.941. The Balaban J connectivity index is 1.40. The Morgan fingerprint density at radius 2 is 0.790 bits per heavy atom. The van der Waals surface area contributed by atoms with Crippen LogP contribution in [0.2, 0.25) is 0 Å². The van der Waals surface area contributed by atoms with Crippen LogP contribution in [0.25, 0.3) is 0 Å². The largest absolute Gasteiger partial charge is 0.394 e. The maximum Gasteiger partial charge on any atom is 0.217 e. The van der Waals surface area contributed by atoms with Gasteiger partial charge in [0.2, 0.25) is 11.8 Å². The summed E-state index contributed by atoms with van der Waals surface area (Å²) in [5.74, 6) is -1.48. The molecule has 0 radical (unpaired) electrons. The Labute approximate surface area is 351 Å². The molecule has 360 valence electrons. The minimum absolute atomic E-state index is 0.689. The molecular formula is C34H58N2O26. The summed E-state index contributed by atoms with van der Waals surface area (Å²) in [6, 6.07) is -3.17. The van der Waals surface area contributed by atoms with Crippen molar-refractivity contribution >= 4 is 11.8 Å². The van der Waals surface area contributed by atoms with E-state index in [1.54, 1.807) is 0 Å². The van der Waals surface area contributed by atoms with Gasteiger partial charge in [-0.1, -0.05) is 0 Å². The molecule has 0 aromatic carbocycles. The fourth-order valence-electron chi connectivity index (χ4n) is 7.74. The van der Waals surface area contributed by atoms with Crippen molar-refractivity contribution in [2.24, 2.45) is 0 Å². The average molecular weight is 911 g/mol. The molecule has 28 heteroatoms. The molecule has 0 aliphatic carbocycles. The molecule has 0 bridgehead atoms. The lowest BCUT2D eigenvalue weighted by atomic mass is 9.94. The first-order chi connectivity index (χ1) is 29.3. The van der Waals surface area contributed by atoms with Gasteiger partial charge in [0.15, 0.2) is 31.5 Å². The van der Waals surface area contributed by atoms with Gasteiger partial charge in [0.25, 0.3) is 0 Å². The summed E-state index contributed by atoms with van der Waals surface area (Å²) < 4.78 is 50.9. The van der Waals surface area contributed by atoms with Crippen LogP contribution in [0.3, 0.4) is 0 Å². The van der Waals surface area contributed by atoms with E-state index in [2.05, 4.69) is 10.6 Å². The quantitative estimate of drug-likeness (QED) is 0.0725. The topological polar surface area (TPSA) is 445 Å². The highest BCUT2D eigenvalue weighted by Crippen LogP contribution is 2.35. The highest BCUT2D eigenvalue weighted by Gasteiger charge is 2.56. The molecule has 2 amide bonds. The number of carbonyl (C=O) groups excluding carboxylic acids is 2. The SMILES string of the molecule is CC(=O)N[C@@H]1[C@@H](O)[C@H](O[C@@H]2O[C@H](CO)[C@@H](O[C@H]3O[C@H](CO[C@H]4O[C@H](CO)[C@@H](O)[C@H](O)[C@@H]4O)[C@@H](O[C@@H]4O[C@H](CO)[C@@H](O)[C@H](O)[C@@H]4O)[C@H](O)[C@@H]3O)[C@H](O)[C@H]2NC(C)=O)[C@@H](CO)O[C@H]1O. The van der Waals surface area contributed by atoms with E-state index in [0.717, 1.165) is 13.8 Å². The molecule has 5 rings (SSSR count). The zero-order chi connectivity index (χ0) is 45.9. The molecule has 0 aromatic heterocycles. The predicted molar refractivity (Wildman–Crippen MR) is 190 cm³/mol. The van der Waals surface area contributed by atoms with Gasteiger partial charge in [-0.15, -0.1) is 0 Å². The summed E-state index contributed by atoms with van der Waals surface area (Å²) in [4.78, 5) is 24.2. The standard InChI is InChI=1S/C34H58N2O26/c1-8(41)35-15-19(45)27(12(5-39)55-30(15)53)60-31-16(36-9(2)42)20(46)28(13(6-40)58-31)61-34-26(52)23(49)29(62-33-25(51)22(48)18(44)11(4-38)57-33)14(59-34)7-54-32-24(50)21(47)17(43)10(3-37)56-32/h10-34,37-40,43-53H,3-7H2,1-2H3,(H,35,41)(H,36,42)/t10-,11-,12-,13-,14-,15-,16-,17-,18-,19-,20-,21+,22+,23-,24+,25+,26+,27-,28-,29-,30-,31+,32+,33+,34-/m1/s1. The molecule has 5 aliphatic rings. The highest BCUT2D eigenvalue weighted by molar-refractivity contribution is 5.73. The van der Waals surface area contributed by atoms with E-state index in [-0.39, 0.29) is 0 Å². The van der Waals surface area contributed by atoms with E-state index in [0.29, 0.717) is 0 Å². The van der Waals surface area contributed by atoms with Crippen LogP contribution in [0.4, 0.5) is 0 Å². The first-order valence-corrected chi connectivity index (χ1v) is 19.6. The lowest BCUT2D eigenvalue weighted by Crippen LogP contribution is -2.70. The van der Waals surface area contributed by atoms with Crippen molar-refractivity contribution in [1.29, 1.82) is 0 Å². The van der Waals surface area contributed by atoms with Gasteiger partial charge in [0.1, 0.15) is 122 Å². The lowest BCUT2D eigenvalue weighted by molar-refractivity contribution is -0.383. The van der Waals surface area contributed by atoms with Crippen molar-refractivity contribution in [3.63, 3.8) is 0 Å². The maximum absolute atomic E-state index is 12.4. The molecule has 25 atom stereocenters. The van der Waals surface area contributed by atoms with E-state index in [4.69, 9.17) is 42.6 Å². The third-order valence-corrected chi connectivity index (χ3v) is 11.1. The summed E-state index contributed by atoms with van der Waals surface area (Å²) in [6.45, 7) is -2.29. The van der Waals surface area contributed by atoms with Gasteiger partial charge in [-0.25, -0.2) is 0 Å². The number of ether oxygens (including phenoxy) is 9. The summed E-state index contributed by atoms with van der Waals surface area (Å²) >= 11 is 0. The predicted octanol–water partition coefficient (Wildman–Crippen LogP) is -11.6. The van der Waals surface area contributed by atoms with Gasteiger partial charge in [-0.2, -0.15) is 0 Å². The van der Waals surface area contributed by atoms with Crippen LogP contribution in [0.1, 0.15) is 13.8 Å².